The lowest BCUT2D eigenvalue weighted by Crippen LogP contribution is -2.50. The van der Waals surface area contributed by atoms with Gasteiger partial charge in [0, 0.05) is 32.3 Å². The first kappa shape index (κ1) is 19.8. The average Bonchev–Trinajstić information content (AvgIpc) is 2.73. The number of rotatable bonds is 5. The fourth-order valence-corrected chi connectivity index (χ4v) is 3.30. The molecule has 146 valence electrons. The third-order valence-electron chi connectivity index (χ3n) is 5.00. The van der Waals surface area contributed by atoms with E-state index in [0.717, 1.165) is 18.4 Å². The molecule has 2 aromatic rings. The van der Waals surface area contributed by atoms with Crippen LogP contribution in [0.4, 0.5) is 4.39 Å². The second-order valence-corrected chi connectivity index (χ2v) is 7.07. The summed E-state index contributed by atoms with van der Waals surface area (Å²) in [6.07, 6.45) is 3.43. The molecule has 0 N–H and O–H groups in total. The lowest BCUT2D eigenvalue weighted by atomic mass is 10.1. The van der Waals surface area contributed by atoms with Gasteiger partial charge in [-0.3, -0.25) is 9.59 Å². The topological polar surface area (TPSA) is 40.6 Å². The summed E-state index contributed by atoms with van der Waals surface area (Å²) in [6.45, 7) is 3.72. The zero-order valence-electron chi connectivity index (χ0n) is 16.1. The van der Waals surface area contributed by atoms with Crippen LogP contribution in [-0.2, 0) is 11.2 Å². The van der Waals surface area contributed by atoms with Gasteiger partial charge in [-0.15, -0.1) is 0 Å². The van der Waals surface area contributed by atoms with Crippen LogP contribution in [0.15, 0.2) is 66.2 Å². The maximum atomic E-state index is 13.8. The van der Waals surface area contributed by atoms with Crippen molar-refractivity contribution in [3.63, 3.8) is 0 Å². The van der Waals surface area contributed by atoms with Crippen molar-refractivity contribution in [2.75, 3.05) is 26.2 Å². The highest BCUT2D eigenvalue weighted by Crippen LogP contribution is 2.14. The molecule has 0 unspecified atom stereocenters. The van der Waals surface area contributed by atoms with Crippen molar-refractivity contribution in [1.82, 2.24) is 9.80 Å². The van der Waals surface area contributed by atoms with Gasteiger partial charge in [-0.05, 0) is 37.5 Å². The Hall–Kier alpha value is -2.95. The van der Waals surface area contributed by atoms with E-state index >= 15 is 0 Å². The molecule has 28 heavy (non-hydrogen) atoms. The number of carbonyl (C=O) groups excluding carboxylic acids is 2. The number of piperazine rings is 1. The first-order chi connectivity index (χ1) is 13.5. The molecular formula is C23H25FN2O2. The van der Waals surface area contributed by atoms with Crippen LogP contribution >= 0.6 is 0 Å². The van der Waals surface area contributed by atoms with Crippen molar-refractivity contribution >= 4 is 11.8 Å². The molecule has 0 aromatic heterocycles. The number of halogens is 1. The number of hydrogen-bond donors (Lipinski definition) is 0. The Kier molecular flexibility index (Phi) is 6.58. The zero-order chi connectivity index (χ0) is 19.9. The Labute approximate surface area is 165 Å². The predicted molar refractivity (Wildman–Crippen MR) is 107 cm³/mol. The number of carbonyl (C=O) groups is 2. The van der Waals surface area contributed by atoms with E-state index in [9.17, 15) is 14.0 Å². The molecular weight excluding hydrogens is 355 g/mol. The number of amides is 2. The van der Waals surface area contributed by atoms with Crippen molar-refractivity contribution in [2.24, 2.45) is 0 Å². The summed E-state index contributed by atoms with van der Waals surface area (Å²) < 4.78 is 13.8. The third kappa shape index (κ3) is 5.06. The molecule has 1 heterocycles. The highest BCUT2D eigenvalue weighted by molar-refractivity contribution is 5.95. The summed E-state index contributed by atoms with van der Waals surface area (Å²) in [5, 5.41) is 0. The summed E-state index contributed by atoms with van der Waals surface area (Å²) in [4.78, 5) is 28.3. The quantitative estimate of drug-likeness (QED) is 0.743. The lowest BCUT2D eigenvalue weighted by molar-refractivity contribution is -0.127. The van der Waals surface area contributed by atoms with E-state index in [1.807, 2.05) is 25.1 Å². The van der Waals surface area contributed by atoms with Crippen molar-refractivity contribution in [3.8, 4) is 0 Å². The van der Waals surface area contributed by atoms with Crippen LogP contribution in [0.5, 0.6) is 0 Å². The lowest BCUT2D eigenvalue weighted by Gasteiger charge is -2.34. The minimum atomic E-state index is -0.511. The van der Waals surface area contributed by atoms with Gasteiger partial charge in [0.05, 0.1) is 5.56 Å². The van der Waals surface area contributed by atoms with Crippen molar-refractivity contribution in [2.45, 2.75) is 19.8 Å². The van der Waals surface area contributed by atoms with Gasteiger partial charge in [-0.2, -0.15) is 0 Å². The zero-order valence-corrected chi connectivity index (χ0v) is 16.1. The molecule has 0 saturated carbocycles. The molecule has 1 fully saturated rings. The van der Waals surface area contributed by atoms with Crippen molar-refractivity contribution in [3.05, 3.63) is 83.2 Å². The molecule has 1 aliphatic rings. The highest BCUT2D eigenvalue weighted by atomic mass is 19.1. The second-order valence-electron chi connectivity index (χ2n) is 7.07. The number of hydrogen-bond acceptors (Lipinski definition) is 2. The van der Waals surface area contributed by atoms with E-state index in [1.165, 1.54) is 17.7 Å². The molecule has 0 atom stereocenters. The van der Waals surface area contributed by atoms with Crippen molar-refractivity contribution in [1.29, 1.82) is 0 Å². The normalized spacial score (nSPS) is 14.9. The minimum Gasteiger partial charge on any atom is -0.336 e. The van der Waals surface area contributed by atoms with E-state index in [0.29, 0.717) is 26.2 Å². The van der Waals surface area contributed by atoms with E-state index in [4.69, 9.17) is 0 Å². The molecule has 2 aromatic carbocycles. The van der Waals surface area contributed by atoms with Gasteiger partial charge in [0.25, 0.3) is 5.91 Å². The number of nitrogens with zero attached hydrogens (tertiary/aromatic N) is 2. The largest absolute Gasteiger partial charge is 0.336 e. The maximum absolute atomic E-state index is 13.8. The number of aryl methyl sites for hydroxylation is 1. The molecule has 0 aliphatic carbocycles. The molecule has 5 heteroatoms. The average molecular weight is 380 g/mol. The Bertz CT molecular complexity index is 856. The summed E-state index contributed by atoms with van der Waals surface area (Å²) in [5.41, 5.74) is 2.38. The Morgan fingerprint density at radius 2 is 1.54 bits per heavy atom. The van der Waals surface area contributed by atoms with E-state index < -0.39 is 5.82 Å². The fourth-order valence-electron chi connectivity index (χ4n) is 3.30. The summed E-state index contributed by atoms with van der Waals surface area (Å²) in [7, 11) is 0. The fraction of sp³-hybridized carbons (Fsp3) is 0.304. The van der Waals surface area contributed by atoms with E-state index in [-0.39, 0.29) is 17.4 Å². The SMILES string of the molecule is C/C(=C/C(=O)N1CCN(C(=O)c2ccccc2F)CC1)CCc1ccccc1. The molecule has 3 rings (SSSR count). The van der Waals surface area contributed by atoms with Crippen LogP contribution in [0.3, 0.4) is 0 Å². The molecule has 1 saturated heterocycles. The third-order valence-corrected chi connectivity index (χ3v) is 5.00. The van der Waals surface area contributed by atoms with E-state index in [2.05, 4.69) is 12.1 Å². The highest BCUT2D eigenvalue weighted by Gasteiger charge is 2.25. The van der Waals surface area contributed by atoms with Crippen LogP contribution in [0.1, 0.15) is 29.3 Å². The summed E-state index contributed by atoms with van der Waals surface area (Å²) in [6, 6.07) is 16.2. The van der Waals surface area contributed by atoms with Gasteiger partial charge in [0.1, 0.15) is 5.82 Å². The summed E-state index contributed by atoms with van der Waals surface area (Å²) >= 11 is 0. The predicted octanol–water partition coefficient (Wildman–Crippen LogP) is 3.69. The summed E-state index contributed by atoms with van der Waals surface area (Å²) in [5.74, 6) is -0.855. The first-order valence-corrected chi connectivity index (χ1v) is 9.58. The molecule has 0 radical (unpaired) electrons. The van der Waals surface area contributed by atoms with Crippen molar-refractivity contribution < 1.29 is 14.0 Å². The van der Waals surface area contributed by atoms with Gasteiger partial charge in [0.15, 0.2) is 0 Å². The molecule has 2 amide bonds. The van der Waals surface area contributed by atoms with Gasteiger partial charge in [-0.1, -0.05) is 48.0 Å². The standard InChI is InChI=1S/C23H25FN2O2/c1-18(11-12-19-7-3-2-4-8-19)17-22(27)25-13-15-26(16-14-25)23(28)20-9-5-6-10-21(20)24/h2-10,17H,11-16H2,1H3/b18-17-. The van der Waals surface area contributed by atoms with Crippen LogP contribution < -0.4 is 0 Å². The second kappa shape index (κ2) is 9.31. The van der Waals surface area contributed by atoms with Gasteiger partial charge >= 0.3 is 0 Å². The van der Waals surface area contributed by atoms with Gasteiger partial charge in [0.2, 0.25) is 5.91 Å². The molecule has 1 aliphatic heterocycles. The first-order valence-electron chi connectivity index (χ1n) is 9.58. The molecule has 4 nitrogen and oxygen atoms in total. The number of allylic oxidation sites excluding steroid dienone is 1. The smallest absolute Gasteiger partial charge is 0.256 e. The van der Waals surface area contributed by atoms with Crippen LogP contribution in [0.2, 0.25) is 0 Å². The molecule has 0 bridgehead atoms. The monoisotopic (exact) mass is 380 g/mol. The maximum Gasteiger partial charge on any atom is 0.256 e. The van der Waals surface area contributed by atoms with E-state index in [1.54, 1.807) is 28.0 Å². The van der Waals surface area contributed by atoms with Gasteiger partial charge in [-0.25, -0.2) is 4.39 Å². The number of benzene rings is 2. The van der Waals surface area contributed by atoms with Crippen LogP contribution in [-0.4, -0.2) is 47.8 Å². The van der Waals surface area contributed by atoms with Gasteiger partial charge < -0.3 is 9.80 Å². The minimum absolute atomic E-state index is 0.0245. The Morgan fingerprint density at radius 1 is 0.929 bits per heavy atom. The van der Waals surface area contributed by atoms with Crippen LogP contribution in [0.25, 0.3) is 0 Å². The Morgan fingerprint density at radius 3 is 2.21 bits per heavy atom. The van der Waals surface area contributed by atoms with Crippen LogP contribution in [0, 0.1) is 5.82 Å². The Balaban J connectivity index is 1.50. The molecule has 0 spiro atoms.